The highest BCUT2D eigenvalue weighted by atomic mass is 16.1. The van der Waals surface area contributed by atoms with Crippen molar-refractivity contribution >= 4 is 5.78 Å². The highest BCUT2D eigenvalue weighted by Gasteiger charge is 2.23. The third-order valence-corrected chi connectivity index (χ3v) is 4.80. The normalized spacial score (nSPS) is 16.4. The van der Waals surface area contributed by atoms with Crippen molar-refractivity contribution in [2.24, 2.45) is 0 Å². The molecule has 0 radical (unpaired) electrons. The highest BCUT2D eigenvalue weighted by Crippen LogP contribution is 2.24. The van der Waals surface area contributed by atoms with E-state index in [0.29, 0.717) is 12.6 Å². The molecule has 0 amide bonds. The number of benzene rings is 1. The first-order valence-corrected chi connectivity index (χ1v) is 8.38. The van der Waals surface area contributed by atoms with Gasteiger partial charge in [0, 0.05) is 11.6 Å². The number of carbonyl (C=O) groups is 1. The van der Waals surface area contributed by atoms with E-state index >= 15 is 0 Å². The summed E-state index contributed by atoms with van der Waals surface area (Å²) in [5, 5.41) is 0. The van der Waals surface area contributed by atoms with Gasteiger partial charge in [-0.05, 0) is 51.3 Å². The van der Waals surface area contributed by atoms with E-state index in [9.17, 15) is 4.79 Å². The molecule has 1 fully saturated rings. The molecule has 0 aliphatic heterocycles. The van der Waals surface area contributed by atoms with Gasteiger partial charge < -0.3 is 0 Å². The maximum atomic E-state index is 12.8. The molecule has 1 aliphatic rings. The van der Waals surface area contributed by atoms with Crippen molar-refractivity contribution in [2.75, 3.05) is 13.1 Å². The second kappa shape index (κ2) is 7.22. The molecule has 1 aliphatic carbocycles. The van der Waals surface area contributed by atoms with Crippen molar-refractivity contribution in [3.8, 4) is 0 Å². The predicted octanol–water partition coefficient (Wildman–Crippen LogP) is 4.45. The van der Waals surface area contributed by atoms with Crippen LogP contribution in [0.5, 0.6) is 0 Å². The van der Waals surface area contributed by atoms with Crippen molar-refractivity contribution in [1.29, 1.82) is 0 Å². The first kappa shape index (κ1) is 16.2. The van der Waals surface area contributed by atoms with Gasteiger partial charge in [0.15, 0.2) is 5.78 Å². The van der Waals surface area contributed by atoms with E-state index in [4.69, 9.17) is 0 Å². The van der Waals surface area contributed by atoms with Gasteiger partial charge >= 0.3 is 0 Å². The molecule has 0 saturated heterocycles. The van der Waals surface area contributed by atoms with Crippen molar-refractivity contribution in [2.45, 2.75) is 65.8 Å². The van der Waals surface area contributed by atoms with Crippen LogP contribution in [0, 0.1) is 20.8 Å². The minimum Gasteiger partial charge on any atom is -0.293 e. The molecule has 0 unspecified atom stereocenters. The molecule has 0 atom stereocenters. The van der Waals surface area contributed by atoms with Crippen molar-refractivity contribution < 1.29 is 4.79 Å². The van der Waals surface area contributed by atoms with Crippen LogP contribution < -0.4 is 0 Å². The van der Waals surface area contributed by atoms with E-state index in [1.807, 2.05) is 0 Å². The predicted molar refractivity (Wildman–Crippen MR) is 89.1 cm³/mol. The number of carbonyl (C=O) groups excluding carboxylic acids is 1. The molecule has 1 aromatic carbocycles. The Balaban J connectivity index is 2.12. The third kappa shape index (κ3) is 3.94. The zero-order chi connectivity index (χ0) is 15.4. The van der Waals surface area contributed by atoms with Crippen molar-refractivity contribution in [3.63, 3.8) is 0 Å². The molecular weight excluding hydrogens is 258 g/mol. The zero-order valence-corrected chi connectivity index (χ0v) is 14.0. The molecule has 0 N–H and O–H groups in total. The fourth-order valence-electron chi connectivity index (χ4n) is 3.83. The summed E-state index contributed by atoms with van der Waals surface area (Å²) in [4.78, 5) is 15.2. The minimum absolute atomic E-state index is 0.289. The van der Waals surface area contributed by atoms with Gasteiger partial charge in [0.1, 0.15) is 0 Å². The Labute approximate surface area is 129 Å². The number of rotatable bonds is 5. The molecule has 2 nitrogen and oxygen atoms in total. The summed E-state index contributed by atoms with van der Waals surface area (Å²) >= 11 is 0. The molecule has 2 heteroatoms. The van der Waals surface area contributed by atoms with E-state index in [2.05, 4.69) is 44.7 Å². The van der Waals surface area contributed by atoms with E-state index in [1.54, 1.807) is 0 Å². The van der Waals surface area contributed by atoms with Crippen LogP contribution >= 0.6 is 0 Å². The molecule has 0 aromatic heterocycles. The number of Topliss-reactive ketones (excluding diaryl/α,β-unsaturated/α-hetero) is 1. The molecule has 2 rings (SSSR count). The fourth-order valence-corrected chi connectivity index (χ4v) is 3.83. The van der Waals surface area contributed by atoms with Gasteiger partial charge in [-0.2, -0.15) is 0 Å². The number of nitrogens with zero attached hydrogens (tertiary/aromatic N) is 1. The summed E-state index contributed by atoms with van der Waals surface area (Å²) in [5.74, 6) is 0.289. The second-order valence-corrected chi connectivity index (χ2v) is 6.55. The van der Waals surface area contributed by atoms with E-state index in [-0.39, 0.29) is 5.78 Å². The lowest BCUT2D eigenvalue weighted by Gasteiger charge is -2.33. The Morgan fingerprint density at radius 1 is 1.10 bits per heavy atom. The largest absolute Gasteiger partial charge is 0.293 e. The van der Waals surface area contributed by atoms with Crippen LogP contribution in [-0.2, 0) is 0 Å². The number of hydrogen-bond acceptors (Lipinski definition) is 2. The van der Waals surface area contributed by atoms with E-state index in [0.717, 1.165) is 23.2 Å². The second-order valence-electron chi connectivity index (χ2n) is 6.55. The van der Waals surface area contributed by atoms with Gasteiger partial charge in [-0.25, -0.2) is 0 Å². The SMILES string of the molecule is CCN(CC(=O)c1c(C)cc(C)cc1C)C1CCCCC1. The monoisotopic (exact) mass is 287 g/mol. The molecule has 1 aromatic rings. The van der Waals surface area contributed by atoms with Gasteiger partial charge in [-0.15, -0.1) is 0 Å². The Morgan fingerprint density at radius 3 is 2.19 bits per heavy atom. The highest BCUT2D eigenvalue weighted by molar-refractivity contribution is 6.00. The zero-order valence-electron chi connectivity index (χ0n) is 14.0. The maximum Gasteiger partial charge on any atom is 0.177 e. The topological polar surface area (TPSA) is 20.3 Å². The molecule has 0 bridgehead atoms. The molecule has 21 heavy (non-hydrogen) atoms. The summed E-state index contributed by atoms with van der Waals surface area (Å²) < 4.78 is 0. The van der Waals surface area contributed by atoms with Crippen molar-refractivity contribution in [3.05, 3.63) is 34.4 Å². The Hall–Kier alpha value is -1.15. The summed E-state index contributed by atoms with van der Waals surface area (Å²) in [7, 11) is 0. The van der Waals surface area contributed by atoms with E-state index < -0.39 is 0 Å². The molecular formula is C19H29NO. The maximum absolute atomic E-state index is 12.8. The lowest BCUT2D eigenvalue weighted by molar-refractivity contribution is 0.0867. The Morgan fingerprint density at radius 2 is 1.67 bits per heavy atom. The number of ketones is 1. The lowest BCUT2D eigenvalue weighted by Crippen LogP contribution is -2.40. The Bertz CT molecular complexity index is 477. The van der Waals surface area contributed by atoms with Crippen LogP contribution in [0.2, 0.25) is 0 Å². The lowest BCUT2D eigenvalue weighted by atomic mass is 9.92. The smallest absolute Gasteiger partial charge is 0.177 e. The first-order valence-electron chi connectivity index (χ1n) is 8.38. The third-order valence-electron chi connectivity index (χ3n) is 4.80. The summed E-state index contributed by atoms with van der Waals surface area (Å²) in [6.07, 6.45) is 6.51. The van der Waals surface area contributed by atoms with Gasteiger partial charge in [0.25, 0.3) is 0 Å². The summed E-state index contributed by atoms with van der Waals surface area (Å²) in [5.41, 5.74) is 4.42. The number of hydrogen-bond donors (Lipinski definition) is 0. The average Bonchev–Trinajstić information content (AvgIpc) is 2.44. The molecule has 0 heterocycles. The number of aryl methyl sites for hydroxylation is 3. The minimum atomic E-state index is 0.289. The molecule has 1 saturated carbocycles. The molecule has 0 spiro atoms. The van der Waals surface area contributed by atoms with Gasteiger partial charge in [-0.1, -0.05) is 43.9 Å². The van der Waals surface area contributed by atoms with Crippen LogP contribution in [-0.4, -0.2) is 29.8 Å². The van der Waals surface area contributed by atoms with Crippen LogP contribution in [0.1, 0.15) is 66.1 Å². The Kier molecular flexibility index (Phi) is 5.58. The fraction of sp³-hybridized carbons (Fsp3) is 0.632. The molecule has 116 valence electrons. The van der Waals surface area contributed by atoms with Crippen molar-refractivity contribution in [1.82, 2.24) is 4.90 Å². The summed E-state index contributed by atoms with van der Waals surface area (Å²) in [6, 6.07) is 4.85. The standard InChI is InChI=1S/C19H29NO/c1-5-20(17-9-7-6-8-10-17)13-18(21)19-15(3)11-14(2)12-16(19)4/h11-12,17H,5-10,13H2,1-4H3. The summed E-state index contributed by atoms with van der Waals surface area (Å²) in [6.45, 7) is 9.94. The van der Waals surface area contributed by atoms with Gasteiger partial charge in [-0.3, -0.25) is 9.69 Å². The van der Waals surface area contributed by atoms with Crippen LogP contribution in [0.3, 0.4) is 0 Å². The van der Waals surface area contributed by atoms with Crippen LogP contribution in [0.15, 0.2) is 12.1 Å². The average molecular weight is 287 g/mol. The van der Waals surface area contributed by atoms with Gasteiger partial charge in [0.05, 0.1) is 6.54 Å². The quantitative estimate of drug-likeness (QED) is 0.746. The first-order chi connectivity index (χ1) is 10.0. The van der Waals surface area contributed by atoms with Crippen LogP contribution in [0.25, 0.3) is 0 Å². The van der Waals surface area contributed by atoms with Gasteiger partial charge in [0.2, 0.25) is 0 Å². The van der Waals surface area contributed by atoms with E-state index in [1.165, 1.54) is 37.7 Å². The van der Waals surface area contributed by atoms with Crippen LogP contribution in [0.4, 0.5) is 0 Å². The number of likely N-dealkylation sites (N-methyl/N-ethyl adjacent to an activating group) is 1.